The minimum absolute atomic E-state index is 0.160. The van der Waals surface area contributed by atoms with Gasteiger partial charge in [0.25, 0.3) is 5.91 Å². The number of aryl methyl sites for hydroxylation is 1. The maximum Gasteiger partial charge on any atom is 0.264 e. The average Bonchev–Trinajstić information content (AvgIpc) is 2.90. The number of nitrogens with one attached hydrogen (secondary N) is 1. The van der Waals surface area contributed by atoms with Gasteiger partial charge in [-0.1, -0.05) is 31.2 Å². The number of aliphatic imine (C=N–C) groups is 1. The van der Waals surface area contributed by atoms with Crippen molar-refractivity contribution < 1.29 is 9.90 Å². The van der Waals surface area contributed by atoms with E-state index in [-0.39, 0.29) is 11.7 Å². The minimum Gasteiger partial charge on any atom is -0.508 e. The third kappa shape index (κ3) is 3.81. The zero-order chi connectivity index (χ0) is 16.2. The summed E-state index contributed by atoms with van der Waals surface area (Å²) in [6.07, 6.45) is 2.77. The molecule has 23 heavy (non-hydrogen) atoms. The van der Waals surface area contributed by atoms with Crippen LogP contribution in [0.2, 0.25) is 0 Å². The van der Waals surface area contributed by atoms with Crippen LogP contribution in [0.15, 0.2) is 58.4 Å². The van der Waals surface area contributed by atoms with Gasteiger partial charge in [-0.3, -0.25) is 4.79 Å². The molecule has 0 atom stereocenters. The number of phenolic OH excluding ortho intramolecular Hbond substituents is 1. The van der Waals surface area contributed by atoms with E-state index in [4.69, 9.17) is 0 Å². The largest absolute Gasteiger partial charge is 0.508 e. The van der Waals surface area contributed by atoms with Crippen molar-refractivity contribution in [3.8, 4) is 5.75 Å². The zero-order valence-electron chi connectivity index (χ0n) is 12.6. The van der Waals surface area contributed by atoms with Gasteiger partial charge in [0.15, 0.2) is 5.17 Å². The SMILES string of the molecule is CCc1ccc(N=C2NC(=O)C(=Cc3ccc(O)cc3)S2)cc1. The quantitative estimate of drug-likeness (QED) is 0.843. The molecule has 0 spiro atoms. The first-order valence-corrected chi connectivity index (χ1v) is 8.13. The molecule has 0 aliphatic carbocycles. The van der Waals surface area contributed by atoms with Gasteiger partial charge in [-0.15, -0.1) is 0 Å². The highest BCUT2D eigenvalue weighted by atomic mass is 32.2. The highest BCUT2D eigenvalue weighted by Crippen LogP contribution is 2.28. The molecule has 1 fully saturated rings. The Morgan fingerprint density at radius 2 is 1.83 bits per heavy atom. The molecule has 1 heterocycles. The summed E-state index contributed by atoms with van der Waals surface area (Å²) in [6, 6.07) is 14.7. The Balaban J connectivity index is 1.78. The smallest absolute Gasteiger partial charge is 0.264 e. The Morgan fingerprint density at radius 1 is 1.13 bits per heavy atom. The number of thioether (sulfide) groups is 1. The Kier molecular flexibility index (Phi) is 4.48. The Labute approximate surface area is 139 Å². The summed E-state index contributed by atoms with van der Waals surface area (Å²) in [4.78, 5) is 17.1. The van der Waals surface area contributed by atoms with E-state index in [1.165, 1.54) is 17.3 Å². The lowest BCUT2D eigenvalue weighted by atomic mass is 10.2. The Bertz CT molecular complexity index is 778. The van der Waals surface area contributed by atoms with Crippen LogP contribution in [0.1, 0.15) is 18.1 Å². The number of carbonyl (C=O) groups excluding carboxylic acids is 1. The maximum absolute atomic E-state index is 12.0. The van der Waals surface area contributed by atoms with Crippen molar-refractivity contribution in [2.24, 2.45) is 4.99 Å². The third-order valence-corrected chi connectivity index (χ3v) is 4.33. The van der Waals surface area contributed by atoms with Gasteiger partial charge in [0.05, 0.1) is 10.6 Å². The van der Waals surface area contributed by atoms with Gasteiger partial charge in [-0.2, -0.15) is 0 Å². The summed E-state index contributed by atoms with van der Waals surface area (Å²) in [5, 5.41) is 12.6. The van der Waals surface area contributed by atoms with E-state index >= 15 is 0 Å². The molecule has 116 valence electrons. The van der Waals surface area contributed by atoms with Gasteiger partial charge < -0.3 is 10.4 Å². The van der Waals surface area contributed by atoms with Crippen LogP contribution in [-0.4, -0.2) is 16.2 Å². The van der Waals surface area contributed by atoms with Gasteiger partial charge in [0, 0.05) is 0 Å². The number of phenols is 1. The van der Waals surface area contributed by atoms with E-state index in [0.29, 0.717) is 10.1 Å². The van der Waals surface area contributed by atoms with Gasteiger partial charge in [-0.25, -0.2) is 4.99 Å². The topological polar surface area (TPSA) is 61.7 Å². The van der Waals surface area contributed by atoms with Crippen molar-refractivity contribution in [3.05, 3.63) is 64.6 Å². The zero-order valence-corrected chi connectivity index (χ0v) is 13.4. The number of amidine groups is 1. The maximum atomic E-state index is 12.0. The highest BCUT2D eigenvalue weighted by molar-refractivity contribution is 8.18. The first-order chi connectivity index (χ1) is 11.1. The van der Waals surface area contributed by atoms with Gasteiger partial charge in [-0.05, 0) is 59.7 Å². The fourth-order valence-electron chi connectivity index (χ4n) is 2.13. The van der Waals surface area contributed by atoms with Crippen LogP contribution in [0.3, 0.4) is 0 Å². The van der Waals surface area contributed by atoms with E-state index in [1.54, 1.807) is 30.3 Å². The Morgan fingerprint density at radius 3 is 2.48 bits per heavy atom. The molecule has 3 rings (SSSR count). The molecular weight excluding hydrogens is 308 g/mol. The number of hydrogen-bond donors (Lipinski definition) is 2. The molecule has 4 nitrogen and oxygen atoms in total. The molecule has 1 aliphatic heterocycles. The van der Waals surface area contributed by atoms with Crippen LogP contribution in [0.4, 0.5) is 5.69 Å². The van der Waals surface area contributed by atoms with Crippen molar-refractivity contribution >= 4 is 34.6 Å². The standard InChI is InChI=1S/C18H16N2O2S/c1-2-12-3-7-14(8-4-12)19-18-20-17(22)16(23-18)11-13-5-9-15(21)10-6-13/h3-11,21H,2H2,1H3,(H,19,20,22). The number of aromatic hydroxyl groups is 1. The number of rotatable bonds is 3. The van der Waals surface area contributed by atoms with Gasteiger partial charge in [0.2, 0.25) is 0 Å². The van der Waals surface area contributed by atoms with E-state index in [1.807, 2.05) is 24.3 Å². The molecule has 2 aromatic carbocycles. The van der Waals surface area contributed by atoms with E-state index in [2.05, 4.69) is 17.2 Å². The van der Waals surface area contributed by atoms with E-state index in [9.17, 15) is 9.90 Å². The number of amides is 1. The second-order valence-corrected chi connectivity index (χ2v) is 6.12. The third-order valence-electron chi connectivity index (χ3n) is 3.42. The second-order valence-electron chi connectivity index (χ2n) is 5.09. The molecular formula is C18H16N2O2S. The van der Waals surface area contributed by atoms with Crippen LogP contribution in [0.5, 0.6) is 5.75 Å². The van der Waals surface area contributed by atoms with Crippen LogP contribution < -0.4 is 5.32 Å². The first-order valence-electron chi connectivity index (χ1n) is 7.31. The number of carbonyl (C=O) groups is 1. The summed E-state index contributed by atoms with van der Waals surface area (Å²) in [7, 11) is 0. The van der Waals surface area contributed by atoms with Crippen molar-refractivity contribution in [3.63, 3.8) is 0 Å². The Hall–Kier alpha value is -2.53. The fourth-order valence-corrected chi connectivity index (χ4v) is 2.97. The number of benzene rings is 2. The van der Waals surface area contributed by atoms with Gasteiger partial charge in [0.1, 0.15) is 5.75 Å². The average molecular weight is 324 g/mol. The lowest BCUT2D eigenvalue weighted by molar-refractivity contribution is -0.115. The van der Waals surface area contributed by atoms with Crippen LogP contribution >= 0.6 is 11.8 Å². The minimum atomic E-state index is -0.160. The molecule has 0 saturated carbocycles. The molecule has 0 unspecified atom stereocenters. The molecule has 1 aliphatic rings. The van der Waals surface area contributed by atoms with Crippen LogP contribution in [0.25, 0.3) is 6.08 Å². The van der Waals surface area contributed by atoms with Crippen LogP contribution in [-0.2, 0) is 11.2 Å². The lowest BCUT2D eigenvalue weighted by Crippen LogP contribution is -2.19. The molecule has 5 heteroatoms. The number of hydrogen-bond acceptors (Lipinski definition) is 4. The van der Waals surface area contributed by atoms with Crippen LogP contribution in [0, 0.1) is 0 Å². The van der Waals surface area contributed by atoms with Gasteiger partial charge >= 0.3 is 0 Å². The lowest BCUT2D eigenvalue weighted by Gasteiger charge is -1.98. The highest BCUT2D eigenvalue weighted by Gasteiger charge is 2.23. The predicted octanol–water partition coefficient (Wildman–Crippen LogP) is 3.85. The number of nitrogens with zero attached hydrogens (tertiary/aromatic N) is 1. The molecule has 0 radical (unpaired) electrons. The van der Waals surface area contributed by atoms with E-state index < -0.39 is 0 Å². The summed E-state index contributed by atoms with van der Waals surface area (Å²) in [6.45, 7) is 2.11. The summed E-state index contributed by atoms with van der Waals surface area (Å²) in [5.41, 5.74) is 2.93. The van der Waals surface area contributed by atoms with E-state index in [0.717, 1.165) is 17.7 Å². The van der Waals surface area contributed by atoms with Crippen molar-refractivity contribution in [2.75, 3.05) is 0 Å². The van der Waals surface area contributed by atoms with Crippen molar-refractivity contribution in [1.82, 2.24) is 5.32 Å². The summed E-state index contributed by atoms with van der Waals surface area (Å²) in [5.74, 6) is 0.0421. The molecule has 0 aromatic heterocycles. The normalized spacial score (nSPS) is 17.7. The molecule has 1 saturated heterocycles. The summed E-state index contributed by atoms with van der Waals surface area (Å²) >= 11 is 1.31. The van der Waals surface area contributed by atoms with Crippen molar-refractivity contribution in [2.45, 2.75) is 13.3 Å². The summed E-state index contributed by atoms with van der Waals surface area (Å²) < 4.78 is 0. The molecule has 1 amide bonds. The molecule has 2 N–H and O–H groups in total. The fraction of sp³-hybridized carbons (Fsp3) is 0.111. The first kappa shape index (κ1) is 15.4. The second kappa shape index (κ2) is 6.71. The monoisotopic (exact) mass is 324 g/mol. The molecule has 2 aromatic rings. The molecule has 0 bridgehead atoms. The predicted molar refractivity (Wildman–Crippen MR) is 94.7 cm³/mol. The van der Waals surface area contributed by atoms with Crippen molar-refractivity contribution in [1.29, 1.82) is 0 Å².